The van der Waals surface area contributed by atoms with Crippen molar-refractivity contribution in [2.75, 3.05) is 7.11 Å². The van der Waals surface area contributed by atoms with Gasteiger partial charge < -0.3 is 10.5 Å². The van der Waals surface area contributed by atoms with E-state index in [-0.39, 0.29) is 5.82 Å². The van der Waals surface area contributed by atoms with Crippen molar-refractivity contribution >= 4 is 34.9 Å². The van der Waals surface area contributed by atoms with Crippen LogP contribution in [0.25, 0.3) is 0 Å². The summed E-state index contributed by atoms with van der Waals surface area (Å²) < 4.78 is 4.37. The zero-order valence-corrected chi connectivity index (χ0v) is 10.4. The van der Waals surface area contributed by atoms with E-state index < -0.39 is 5.97 Å². The number of esters is 1. The molecule has 5 nitrogen and oxygen atoms in total. The average molecular weight is 274 g/mol. The first-order valence-electron chi connectivity index (χ1n) is 4.45. The summed E-state index contributed by atoms with van der Waals surface area (Å²) in [7, 11) is 1.23. The average Bonchev–Trinajstić information content (AvgIpc) is 2.30. The number of hydrogen-bond donors (Lipinski definition) is 1. The fourth-order valence-corrected chi connectivity index (χ4v) is 1.20. The van der Waals surface area contributed by atoms with Crippen LogP contribution in [0.4, 0.5) is 5.69 Å². The van der Waals surface area contributed by atoms with Crippen molar-refractivity contribution in [3.63, 3.8) is 0 Å². The molecule has 0 amide bonds. The predicted molar refractivity (Wildman–Crippen MR) is 65.3 cm³/mol. The van der Waals surface area contributed by atoms with E-state index in [0.717, 1.165) is 6.08 Å². The lowest BCUT2D eigenvalue weighted by molar-refractivity contribution is -0.134. The molecule has 2 N–H and O–H groups in total. The van der Waals surface area contributed by atoms with E-state index >= 15 is 0 Å². The quantitative estimate of drug-likeness (QED) is 0.522. The van der Waals surface area contributed by atoms with E-state index in [2.05, 4.69) is 15.0 Å². The fourth-order valence-electron chi connectivity index (χ4n) is 0.883. The maximum atomic E-state index is 10.8. The van der Waals surface area contributed by atoms with E-state index in [1.165, 1.54) is 13.2 Å². The van der Waals surface area contributed by atoms with Gasteiger partial charge in [0.1, 0.15) is 5.69 Å². The number of azo groups is 1. The van der Waals surface area contributed by atoms with E-state index in [0.29, 0.717) is 15.7 Å². The number of carbonyl (C=O) groups excluding carboxylic acids is 1. The maximum absolute atomic E-state index is 10.8. The molecule has 0 fully saturated rings. The van der Waals surface area contributed by atoms with Crippen molar-refractivity contribution < 1.29 is 9.53 Å². The fraction of sp³-hybridized carbons (Fsp3) is 0.100. The highest BCUT2D eigenvalue weighted by Gasteiger charge is 2.00. The number of benzene rings is 1. The molecule has 0 aliphatic rings. The lowest BCUT2D eigenvalue weighted by Crippen LogP contribution is -2.01. The number of halogens is 2. The highest BCUT2D eigenvalue weighted by atomic mass is 35.5. The molecule has 0 unspecified atom stereocenters. The molecule has 0 spiro atoms. The zero-order valence-electron chi connectivity index (χ0n) is 8.85. The Morgan fingerprint density at radius 1 is 1.47 bits per heavy atom. The van der Waals surface area contributed by atoms with E-state index in [4.69, 9.17) is 28.9 Å². The summed E-state index contributed by atoms with van der Waals surface area (Å²) in [4.78, 5) is 10.8. The van der Waals surface area contributed by atoms with Crippen LogP contribution in [0, 0.1) is 0 Å². The second kappa shape index (κ2) is 6.22. The minimum atomic E-state index is -0.612. The molecule has 0 heterocycles. The van der Waals surface area contributed by atoms with Crippen LogP contribution in [0.5, 0.6) is 0 Å². The summed E-state index contributed by atoms with van der Waals surface area (Å²) in [6, 6.07) is 4.73. The molecule has 1 rings (SSSR count). The minimum absolute atomic E-state index is 0.0899. The van der Waals surface area contributed by atoms with Crippen LogP contribution in [-0.4, -0.2) is 13.1 Å². The van der Waals surface area contributed by atoms with E-state index in [9.17, 15) is 4.79 Å². The lowest BCUT2D eigenvalue weighted by atomic mass is 10.3. The second-order valence-electron chi connectivity index (χ2n) is 2.89. The van der Waals surface area contributed by atoms with Crippen molar-refractivity contribution in [1.29, 1.82) is 0 Å². The van der Waals surface area contributed by atoms with Crippen molar-refractivity contribution in [2.45, 2.75) is 0 Å². The standard InChI is InChI=1S/C10H9Cl2N3O2/c1-17-10(16)5-9(13)15-14-8-4-6(11)2-3-7(8)12/h2-5H,13H2,1H3/b9-5-,15-14?. The Bertz CT molecular complexity index is 486. The van der Waals surface area contributed by atoms with Crippen molar-refractivity contribution in [2.24, 2.45) is 16.0 Å². The highest BCUT2D eigenvalue weighted by molar-refractivity contribution is 6.35. The van der Waals surface area contributed by atoms with Gasteiger partial charge in [-0.15, -0.1) is 10.2 Å². The molecule has 0 radical (unpaired) electrons. The largest absolute Gasteiger partial charge is 0.466 e. The third-order valence-corrected chi connectivity index (χ3v) is 2.20. The summed E-state index contributed by atoms with van der Waals surface area (Å²) in [5.41, 5.74) is 5.77. The van der Waals surface area contributed by atoms with Gasteiger partial charge in [0.2, 0.25) is 0 Å². The van der Waals surface area contributed by atoms with Crippen LogP contribution in [-0.2, 0) is 9.53 Å². The van der Waals surface area contributed by atoms with E-state index in [1.54, 1.807) is 12.1 Å². The first-order chi connectivity index (χ1) is 8.02. The summed E-state index contributed by atoms with van der Waals surface area (Å²) >= 11 is 11.6. The minimum Gasteiger partial charge on any atom is -0.466 e. The van der Waals surface area contributed by atoms with Gasteiger partial charge in [-0.25, -0.2) is 4.79 Å². The molecule has 0 aliphatic carbocycles. The number of hydrogen-bond acceptors (Lipinski definition) is 5. The van der Waals surface area contributed by atoms with Gasteiger partial charge in [-0.05, 0) is 18.2 Å². The SMILES string of the molecule is COC(=O)/C=C(/N)N=Nc1cc(Cl)ccc1Cl. The Balaban J connectivity index is 2.87. The third kappa shape index (κ3) is 4.42. The molecule has 1 aromatic carbocycles. The van der Waals surface area contributed by atoms with Gasteiger partial charge in [-0.1, -0.05) is 23.2 Å². The Morgan fingerprint density at radius 2 is 2.18 bits per heavy atom. The molecule has 1 aromatic rings. The Morgan fingerprint density at radius 3 is 2.82 bits per heavy atom. The molecule has 0 saturated carbocycles. The Kier molecular flexibility index (Phi) is 4.93. The summed E-state index contributed by atoms with van der Waals surface area (Å²) in [6.45, 7) is 0. The van der Waals surface area contributed by atoms with Crippen molar-refractivity contribution in [3.05, 3.63) is 40.1 Å². The van der Waals surface area contributed by atoms with Gasteiger partial charge in [0.15, 0.2) is 5.82 Å². The van der Waals surface area contributed by atoms with Gasteiger partial charge in [-0.2, -0.15) is 0 Å². The summed E-state index contributed by atoms with van der Waals surface area (Å²) in [5, 5.41) is 8.22. The molecule has 7 heteroatoms. The smallest absolute Gasteiger partial charge is 0.334 e. The van der Waals surface area contributed by atoms with Gasteiger partial charge in [0.05, 0.1) is 18.2 Å². The Labute approximate surface area is 108 Å². The molecule has 0 atom stereocenters. The topological polar surface area (TPSA) is 77.0 Å². The number of carbonyl (C=O) groups is 1. The predicted octanol–water partition coefficient (Wildman–Crippen LogP) is 3.05. The molecular formula is C10H9Cl2N3O2. The van der Waals surface area contributed by atoms with Crippen molar-refractivity contribution in [3.8, 4) is 0 Å². The molecule has 0 aromatic heterocycles. The molecule has 17 heavy (non-hydrogen) atoms. The number of methoxy groups -OCH3 is 1. The highest BCUT2D eigenvalue weighted by Crippen LogP contribution is 2.28. The van der Waals surface area contributed by atoms with Gasteiger partial charge in [0, 0.05) is 5.02 Å². The Hall–Kier alpha value is -1.59. The summed E-state index contributed by atoms with van der Waals surface area (Å²) in [6.07, 6.45) is 1.00. The van der Waals surface area contributed by atoms with Crippen LogP contribution in [0.2, 0.25) is 10.0 Å². The van der Waals surface area contributed by atoms with Gasteiger partial charge in [0.25, 0.3) is 0 Å². The normalized spacial score (nSPS) is 11.8. The van der Waals surface area contributed by atoms with Gasteiger partial charge in [-0.3, -0.25) is 0 Å². The van der Waals surface area contributed by atoms with Crippen LogP contribution in [0.15, 0.2) is 40.3 Å². The van der Waals surface area contributed by atoms with Crippen LogP contribution in [0.3, 0.4) is 0 Å². The van der Waals surface area contributed by atoms with E-state index in [1.807, 2.05) is 0 Å². The maximum Gasteiger partial charge on any atom is 0.334 e. The molecule has 0 saturated heterocycles. The number of rotatable bonds is 3. The number of nitrogens with two attached hydrogens (primary N) is 1. The first-order valence-corrected chi connectivity index (χ1v) is 5.20. The van der Waals surface area contributed by atoms with Crippen LogP contribution in [0.1, 0.15) is 0 Å². The van der Waals surface area contributed by atoms with Gasteiger partial charge >= 0.3 is 5.97 Å². The van der Waals surface area contributed by atoms with Crippen molar-refractivity contribution in [1.82, 2.24) is 0 Å². The first kappa shape index (κ1) is 13.5. The lowest BCUT2D eigenvalue weighted by Gasteiger charge is -1.97. The van der Waals surface area contributed by atoms with Crippen LogP contribution >= 0.6 is 23.2 Å². The second-order valence-corrected chi connectivity index (χ2v) is 3.73. The molecule has 0 aliphatic heterocycles. The molecule has 90 valence electrons. The third-order valence-electron chi connectivity index (χ3n) is 1.65. The monoisotopic (exact) mass is 273 g/mol. The molecule has 0 bridgehead atoms. The summed E-state index contributed by atoms with van der Waals surface area (Å²) in [5.74, 6) is -0.702. The number of nitrogens with zero attached hydrogens (tertiary/aromatic N) is 2. The molecular weight excluding hydrogens is 265 g/mol. The van der Waals surface area contributed by atoms with Crippen LogP contribution < -0.4 is 5.73 Å². The zero-order chi connectivity index (χ0) is 12.8. The number of ether oxygens (including phenoxy) is 1.